The molecular formula is C24H20ClN3O2S2. The summed E-state index contributed by atoms with van der Waals surface area (Å²) in [4.78, 5) is 29.4. The van der Waals surface area contributed by atoms with Crippen LogP contribution in [0, 0.1) is 13.8 Å². The van der Waals surface area contributed by atoms with Gasteiger partial charge in [0.2, 0.25) is 5.91 Å². The Morgan fingerprint density at radius 3 is 2.69 bits per heavy atom. The first-order chi connectivity index (χ1) is 15.4. The van der Waals surface area contributed by atoms with E-state index in [0.29, 0.717) is 22.0 Å². The summed E-state index contributed by atoms with van der Waals surface area (Å²) < 4.78 is 1.74. The van der Waals surface area contributed by atoms with Crippen molar-refractivity contribution in [1.82, 2.24) is 4.98 Å². The SMILES string of the molecule is Cc1cccc(C(=O)Nc2ccc3nc(SCC(=O)Nc4cc(Cl)ccc4C)sc3c2)c1. The second kappa shape index (κ2) is 9.73. The van der Waals surface area contributed by atoms with Crippen molar-refractivity contribution in [2.45, 2.75) is 18.2 Å². The molecule has 0 saturated carbocycles. The first kappa shape index (κ1) is 22.3. The maximum atomic E-state index is 12.5. The lowest BCUT2D eigenvalue weighted by atomic mass is 10.1. The molecule has 0 bridgehead atoms. The molecule has 0 radical (unpaired) electrons. The smallest absolute Gasteiger partial charge is 0.255 e. The van der Waals surface area contributed by atoms with Crippen molar-refractivity contribution in [3.05, 3.63) is 82.4 Å². The number of aryl methyl sites for hydroxylation is 2. The highest BCUT2D eigenvalue weighted by atomic mass is 35.5. The highest BCUT2D eigenvalue weighted by molar-refractivity contribution is 8.01. The summed E-state index contributed by atoms with van der Waals surface area (Å²) in [7, 11) is 0. The predicted octanol–water partition coefficient (Wildman–Crippen LogP) is 6.55. The maximum Gasteiger partial charge on any atom is 0.255 e. The molecule has 4 rings (SSSR count). The third-order valence-corrected chi connectivity index (χ3v) is 7.10. The van der Waals surface area contributed by atoms with Crippen LogP contribution in [0.5, 0.6) is 0 Å². The van der Waals surface area contributed by atoms with Gasteiger partial charge in [-0.2, -0.15) is 0 Å². The molecule has 32 heavy (non-hydrogen) atoms. The molecule has 5 nitrogen and oxygen atoms in total. The van der Waals surface area contributed by atoms with E-state index in [-0.39, 0.29) is 17.6 Å². The van der Waals surface area contributed by atoms with E-state index in [1.807, 2.05) is 56.3 Å². The summed E-state index contributed by atoms with van der Waals surface area (Å²) in [5, 5.41) is 6.40. The van der Waals surface area contributed by atoms with E-state index in [1.54, 1.807) is 18.2 Å². The van der Waals surface area contributed by atoms with E-state index >= 15 is 0 Å². The summed E-state index contributed by atoms with van der Waals surface area (Å²) in [6, 6.07) is 18.5. The van der Waals surface area contributed by atoms with Crippen LogP contribution in [0.1, 0.15) is 21.5 Å². The molecule has 0 fully saturated rings. The van der Waals surface area contributed by atoms with Crippen LogP contribution in [-0.2, 0) is 4.79 Å². The molecule has 0 aliphatic rings. The van der Waals surface area contributed by atoms with Gasteiger partial charge in [0.15, 0.2) is 4.34 Å². The zero-order chi connectivity index (χ0) is 22.7. The average Bonchev–Trinajstić information content (AvgIpc) is 3.17. The van der Waals surface area contributed by atoms with Crippen molar-refractivity contribution in [2.24, 2.45) is 0 Å². The van der Waals surface area contributed by atoms with Gasteiger partial charge in [-0.05, 0) is 61.9 Å². The number of rotatable bonds is 6. The molecule has 1 aromatic heterocycles. The van der Waals surface area contributed by atoms with Gasteiger partial charge in [0.05, 0.1) is 16.0 Å². The van der Waals surface area contributed by atoms with Crippen molar-refractivity contribution < 1.29 is 9.59 Å². The van der Waals surface area contributed by atoms with Crippen molar-refractivity contribution >= 4 is 68.1 Å². The standard InChI is InChI=1S/C24H20ClN3O2S2/c1-14-4-3-5-16(10-14)23(30)26-18-8-9-19-21(12-18)32-24(28-19)31-13-22(29)27-20-11-17(25)7-6-15(20)2/h3-12H,13H2,1-2H3,(H,26,30)(H,27,29). The van der Waals surface area contributed by atoms with Crippen LogP contribution in [0.2, 0.25) is 5.02 Å². The van der Waals surface area contributed by atoms with Crippen molar-refractivity contribution in [3.63, 3.8) is 0 Å². The molecule has 0 aliphatic carbocycles. The zero-order valence-electron chi connectivity index (χ0n) is 17.4. The van der Waals surface area contributed by atoms with E-state index < -0.39 is 0 Å². The van der Waals surface area contributed by atoms with Gasteiger partial charge in [0.1, 0.15) is 0 Å². The fourth-order valence-corrected chi connectivity index (χ4v) is 5.15. The van der Waals surface area contributed by atoms with E-state index in [1.165, 1.54) is 23.1 Å². The van der Waals surface area contributed by atoms with Gasteiger partial charge in [-0.25, -0.2) is 4.98 Å². The number of nitrogens with zero attached hydrogens (tertiary/aromatic N) is 1. The molecule has 0 aliphatic heterocycles. The number of carbonyl (C=O) groups excluding carboxylic acids is 2. The van der Waals surface area contributed by atoms with Crippen LogP contribution >= 0.6 is 34.7 Å². The van der Waals surface area contributed by atoms with E-state index in [0.717, 1.165) is 25.7 Å². The lowest BCUT2D eigenvalue weighted by Crippen LogP contribution is -2.14. The minimum atomic E-state index is -0.153. The third-order valence-electron chi connectivity index (χ3n) is 4.71. The molecular weight excluding hydrogens is 462 g/mol. The lowest BCUT2D eigenvalue weighted by molar-refractivity contribution is -0.113. The van der Waals surface area contributed by atoms with Gasteiger partial charge in [-0.1, -0.05) is 47.1 Å². The fourth-order valence-electron chi connectivity index (χ4n) is 3.08. The topological polar surface area (TPSA) is 71.1 Å². The Morgan fingerprint density at radius 1 is 1.03 bits per heavy atom. The van der Waals surface area contributed by atoms with Gasteiger partial charge < -0.3 is 10.6 Å². The number of carbonyl (C=O) groups is 2. The molecule has 4 aromatic rings. The van der Waals surface area contributed by atoms with Gasteiger partial charge in [-0.15, -0.1) is 11.3 Å². The molecule has 3 aromatic carbocycles. The molecule has 0 unspecified atom stereocenters. The van der Waals surface area contributed by atoms with Gasteiger partial charge in [0.25, 0.3) is 5.91 Å². The predicted molar refractivity (Wildman–Crippen MR) is 134 cm³/mol. The Bertz CT molecular complexity index is 1320. The summed E-state index contributed by atoms with van der Waals surface area (Å²) in [6.07, 6.45) is 0. The second-order valence-corrected chi connectivity index (χ2v) is 9.97. The van der Waals surface area contributed by atoms with Gasteiger partial charge in [-0.3, -0.25) is 9.59 Å². The number of benzene rings is 3. The normalized spacial score (nSPS) is 10.8. The van der Waals surface area contributed by atoms with Crippen LogP contribution in [-0.4, -0.2) is 22.6 Å². The molecule has 0 spiro atoms. The third kappa shape index (κ3) is 5.48. The van der Waals surface area contributed by atoms with E-state index in [4.69, 9.17) is 11.6 Å². The monoisotopic (exact) mass is 481 g/mol. The van der Waals surface area contributed by atoms with E-state index in [9.17, 15) is 9.59 Å². The number of thiazole rings is 1. The number of halogens is 1. The summed E-state index contributed by atoms with van der Waals surface area (Å²) in [5.41, 5.74) is 4.85. The number of hydrogen-bond acceptors (Lipinski definition) is 5. The number of aromatic nitrogens is 1. The fraction of sp³-hybridized carbons (Fsp3) is 0.125. The first-order valence-electron chi connectivity index (χ1n) is 9.85. The van der Waals surface area contributed by atoms with Gasteiger partial charge in [0, 0.05) is 22.0 Å². The Morgan fingerprint density at radius 2 is 1.88 bits per heavy atom. The number of nitrogens with one attached hydrogen (secondary N) is 2. The quantitative estimate of drug-likeness (QED) is 0.306. The van der Waals surface area contributed by atoms with Crippen molar-refractivity contribution in [2.75, 3.05) is 16.4 Å². The number of thioether (sulfide) groups is 1. The highest BCUT2D eigenvalue weighted by Gasteiger charge is 2.11. The average molecular weight is 482 g/mol. The number of amides is 2. The molecule has 1 heterocycles. The molecule has 162 valence electrons. The Kier molecular flexibility index (Phi) is 6.79. The Labute approximate surface area is 199 Å². The molecule has 2 N–H and O–H groups in total. The molecule has 0 saturated heterocycles. The van der Waals surface area contributed by atoms with Crippen LogP contribution < -0.4 is 10.6 Å². The Hall–Kier alpha value is -2.87. The van der Waals surface area contributed by atoms with Gasteiger partial charge >= 0.3 is 0 Å². The summed E-state index contributed by atoms with van der Waals surface area (Å²) >= 11 is 8.88. The van der Waals surface area contributed by atoms with Crippen LogP contribution in [0.15, 0.2) is 65.0 Å². The number of fused-ring (bicyclic) bond motifs is 1. The minimum Gasteiger partial charge on any atom is -0.325 e. The van der Waals surface area contributed by atoms with Crippen molar-refractivity contribution in [1.29, 1.82) is 0 Å². The molecule has 8 heteroatoms. The minimum absolute atomic E-state index is 0.120. The van der Waals surface area contributed by atoms with Crippen LogP contribution in [0.4, 0.5) is 11.4 Å². The first-order valence-corrected chi connectivity index (χ1v) is 12.0. The van der Waals surface area contributed by atoms with Crippen LogP contribution in [0.25, 0.3) is 10.2 Å². The van der Waals surface area contributed by atoms with E-state index in [2.05, 4.69) is 15.6 Å². The second-order valence-electron chi connectivity index (χ2n) is 7.28. The van der Waals surface area contributed by atoms with Crippen molar-refractivity contribution in [3.8, 4) is 0 Å². The number of hydrogen-bond donors (Lipinski definition) is 2. The highest BCUT2D eigenvalue weighted by Crippen LogP contribution is 2.31. The Balaban J connectivity index is 1.40. The largest absolute Gasteiger partial charge is 0.325 e. The maximum absolute atomic E-state index is 12.5. The number of anilines is 2. The summed E-state index contributed by atoms with van der Waals surface area (Å²) in [6.45, 7) is 3.87. The zero-order valence-corrected chi connectivity index (χ0v) is 19.8. The molecule has 0 atom stereocenters. The summed E-state index contributed by atoms with van der Waals surface area (Å²) in [5.74, 6) is -0.0335. The lowest BCUT2D eigenvalue weighted by Gasteiger charge is -2.08. The molecule has 2 amide bonds. The van der Waals surface area contributed by atoms with Crippen LogP contribution in [0.3, 0.4) is 0 Å².